The summed E-state index contributed by atoms with van der Waals surface area (Å²) in [5, 5.41) is 4.95. The van der Waals surface area contributed by atoms with Gasteiger partial charge in [0.1, 0.15) is 5.60 Å². The van der Waals surface area contributed by atoms with Gasteiger partial charge in [-0.05, 0) is 51.0 Å². The van der Waals surface area contributed by atoms with Gasteiger partial charge in [-0.25, -0.2) is 0 Å². The number of nitrogens with two attached hydrogens (primary N) is 1. The summed E-state index contributed by atoms with van der Waals surface area (Å²) < 4.78 is 11.3. The second-order valence-electron chi connectivity index (χ2n) is 6.06. The number of aryl methyl sites for hydroxylation is 1. The first-order chi connectivity index (χ1) is 10.2. The molecule has 2 N–H and O–H groups in total. The predicted octanol–water partition coefficient (Wildman–Crippen LogP) is 3.28. The van der Waals surface area contributed by atoms with E-state index >= 15 is 0 Å². The Morgan fingerprint density at radius 2 is 2.10 bits per heavy atom. The lowest BCUT2D eigenvalue weighted by molar-refractivity contribution is 0.00768. The zero-order valence-corrected chi connectivity index (χ0v) is 13.0. The van der Waals surface area contributed by atoms with Crippen molar-refractivity contribution in [2.45, 2.75) is 51.0 Å². The maximum absolute atomic E-state index is 6.21. The van der Waals surface area contributed by atoms with Crippen molar-refractivity contribution in [3.63, 3.8) is 0 Å². The van der Waals surface area contributed by atoms with Gasteiger partial charge in [-0.15, -0.1) is 11.3 Å². The number of nitrogen functional groups attached to an aromatic ring is 1. The lowest BCUT2D eigenvalue weighted by atomic mass is 9.95. The highest BCUT2D eigenvalue weighted by Gasteiger charge is 2.37. The molecule has 112 valence electrons. The van der Waals surface area contributed by atoms with E-state index in [1.165, 1.54) is 23.3 Å². The summed E-state index contributed by atoms with van der Waals surface area (Å²) in [5.41, 5.74) is 8.08. The average Bonchev–Trinajstić information content (AvgIpc) is 3.16. The highest BCUT2D eigenvalue weighted by atomic mass is 32.1. The fraction of sp³-hybridized carbons (Fsp3) is 0.600. The minimum Gasteiger partial charge on any atom is -0.390 e. The van der Waals surface area contributed by atoms with Crippen molar-refractivity contribution in [2.24, 2.45) is 0 Å². The van der Waals surface area contributed by atoms with E-state index in [1.54, 1.807) is 11.3 Å². The van der Waals surface area contributed by atoms with Gasteiger partial charge in [0, 0.05) is 11.5 Å². The Bertz CT molecular complexity index is 671. The smallest absolute Gasteiger partial charge is 0.261 e. The van der Waals surface area contributed by atoms with Crippen LogP contribution in [0.5, 0.6) is 0 Å². The van der Waals surface area contributed by atoms with Crippen molar-refractivity contribution in [2.75, 3.05) is 12.3 Å². The number of hydrogen-bond acceptors (Lipinski definition) is 6. The fourth-order valence-electron chi connectivity index (χ4n) is 3.32. The van der Waals surface area contributed by atoms with Crippen LogP contribution in [0.25, 0.3) is 11.5 Å². The number of nitrogens with zero attached hydrogens (tertiary/aromatic N) is 2. The van der Waals surface area contributed by atoms with Crippen LogP contribution in [0.1, 0.15) is 48.9 Å². The molecule has 1 atom stereocenters. The van der Waals surface area contributed by atoms with E-state index in [4.69, 9.17) is 15.0 Å². The minimum atomic E-state index is -0.410. The maximum atomic E-state index is 6.21. The van der Waals surface area contributed by atoms with Crippen LogP contribution in [-0.2, 0) is 23.2 Å². The van der Waals surface area contributed by atoms with Gasteiger partial charge in [0.05, 0.1) is 10.6 Å². The van der Waals surface area contributed by atoms with Crippen LogP contribution in [0.3, 0.4) is 0 Å². The second kappa shape index (κ2) is 4.81. The lowest BCUT2D eigenvalue weighted by Crippen LogP contribution is -2.21. The molecule has 0 aromatic carbocycles. The zero-order valence-electron chi connectivity index (χ0n) is 12.1. The summed E-state index contributed by atoms with van der Waals surface area (Å²) in [6, 6.07) is 0. The topological polar surface area (TPSA) is 74.2 Å². The molecule has 5 nitrogen and oxygen atoms in total. The Hall–Kier alpha value is -1.40. The maximum Gasteiger partial charge on any atom is 0.261 e. The highest BCUT2D eigenvalue weighted by molar-refractivity contribution is 7.16. The van der Waals surface area contributed by atoms with Gasteiger partial charge in [-0.1, -0.05) is 5.16 Å². The van der Waals surface area contributed by atoms with Crippen molar-refractivity contribution in [1.82, 2.24) is 10.1 Å². The van der Waals surface area contributed by atoms with Crippen LogP contribution < -0.4 is 5.73 Å². The third kappa shape index (κ3) is 2.08. The molecular formula is C15H19N3O2S. The first-order valence-electron chi connectivity index (χ1n) is 7.56. The van der Waals surface area contributed by atoms with Crippen LogP contribution in [-0.4, -0.2) is 16.7 Å². The number of fused-ring (bicyclic) bond motifs is 1. The van der Waals surface area contributed by atoms with Gasteiger partial charge in [-0.2, -0.15) is 4.98 Å². The Morgan fingerprint density at radius 3 is 2.90 bits per heavy atom. The quantitative estimate of drug-likeness (QED) is 0.921. The Labute approximate surface area is 127 Å². The molecule has 1 unspecified atom stereocenters. The SMILES string of the molecule is CC1(c2noc(-c3c(N)sc4c3CCCC4)n2)CCCO1. The molecule has 1 aliphatic heterocycles. The number of thiophene rings is 1. The van der Waals surface area contributed by atoms with Gasteiger partial charge >= 0.3 is 0 Å². The van der Waals surface area contributed by atoms with Gasteiger partial charge in [-0.3, -0.25) is 0 Å². The predicted molar refractivity (Wildman–Crippen MR) is 81.2 cm³/mol. The van der Waals surface area contributed by atoms with Crippen molar-refractivity contribution in [1.29, 1.82) is 0 Å². The number of aromatic nitrogens is 2. The van der Waals surface area contributed by atoms with E-state index < -0.39 is 5.60 Å². The summed E-state index contributed by atoms with van der Waals surface area (Å²) in [6.07, 6.45) is 6.60. The molecule has 0 spiro atoms. The molecule has 2 aliphatic rings. The first kappa shape index (κ1) is 13.3. The molecule has 0 amide bonds. The van der Waals surface area contributed by atoms with Crippen LogP contribution in [0, 0.1) is 0 Å². The molecule has 0 bridgehead atoms. The molecule has 0 saturated carbocycles. The monoisotopic (exact) mass is 305 g/mol. The van der Waals surface area contributed by atoms with Gasteiger partial charge in [0.2, 0.25) is 5.82 Å². The lowest BCUT2D eigenvalue weighted by Gasteiger charge is -2.17. The van der Waals surface area contributed by atoms with E-state index in [9.17, 15) is 0 Å². The van der Waals surface area contributed by atoms with Crippen LogP contribution in [0.4, 0.5) is 5.00 Å². The third-order valence-electron chi connectivity index (χ3n) is 4.53. The normalized spacial score (nSPS) is 25.2. The van der Waals surface area contributed by atoms with Gasteiger partial charge in [0.25, 0.3) is 5.89 Å². The summed E-state index contributed by atoms with van der Waals surface area (Å²) in [5.74, 6) is 1.20. The summed E-state index contributed by atoms with van der Waals surface area (Å²) in [6.45, 7) is 2.79. The number of rotatable bonds is 2. The third-order valence-corrected chi connectivity index (χ3v) is 5.65. The summed E-state index contributed by atoms with van der Waals surface area (Å²) >= 11 is 1.67. The van der Waals surface area contributed by atoms with Crippen LogP contribution in [0.2, 0.25) is 0 Å². The number of anilines is 1. The summed E-state index contributed by atoms with van der Waals surface area (Å²) in [4.78, 5) is 5.99. The molecule has 4 rings (SSSR count). The molecule has 0 radical (unpaired) electrons. The standard InChI is InChI=1S/C15H19N3O2S/c1-15(7-4-8-19-15)14-17-13(20-18-14)11-9-5-2-3-6-10(9)21-12(11)16/h2-8,16H2,1H3. The first-order valence-corrected chi connectivity index (χ1v) is 8.37. The van der Waals surface area contributed by atoms with E-state index in [2.05, 4.69) is 10.1 Å². The van der Waals surface area contributed by atoms with E-state index in [-0.39, 0.29) is 0 Å². The molecule has 6 heteroatoms. The number of ether oxygens (including phenoxy) is 1. The second-order valence-corrected chi connectivity index (χ2v) is 7.19. The van der Waals surface area contributed by atoms with Crippen LogP contribution >= 0.6 is 11.3 Å². The van der Waals surface area contributed by atoms with E-state index in [0.717, 1.165) is 42.9 Å². The highest BCUT2D eigenvalue weighted by Crippen LogP contribution is 2.43. The molecule has 2 aromatic heterocycles. The van der Waals surface area contributed by atoms with Crippen LogP contribution in [0.15, 0.2) is 4.52 Å². The Kier molecular flexibility index (Phi) is 3.04. The van der Waals surface area contributed by atoms with Gasteiger partial charge in [0.15, 0.2) is 0 Å². The van der Waals surface area contributed by atoms with Gasteiger partial charge < -0.3 is 15.0 Å². The van der Waals surface area contributed by atoms with E-state index in [0.29, 0.717) is 11.7 Å². The fourth-order valence-corrected chi connectivity index (χ4v) is 4.47. The molecular weight excluding hydrogens is 286 g/mol. The Morgan fingerprint density at radius 1 is 1.24 bits per heavy atom. The minimum absolute atomic E-state index is 0.410. The van der Waals surface area contributed by atoms with Crippen molar-refractivity contribution >= 4 is 16.3 Å². The van der Waals surface area contributed by atoms with Crippen molar-refractivity contribution in [3.05, 3.63) is 16.3 Å². The largest absolute Gasteiger partial charge is 0.390 e. The zero-order chi connectivity index (χ0) is 14.4. The summed E-state index contributed by atoms with van der Waals surface area (Å²) in [7, 11) is 0. The average molecular weight is 305 g/mol. The van der Waals surface area contributed by atoms with Crippen molar-refractivity contribution < 1.29 is 9.26 Å². The molecule has 2 aromatic rings. The number of hydrogen-bond donors (Lipinski definition) is 1. The molecule has 1 fully saturated rings. The molecule has 1 aliphatic carbocycles. The molecule has 1 saturated heterocycles. The molecule has 3 heterocycles. The molecule has 21 heavy (non-hydrogen) atoms. The Balaban J connectivity index is 1.75. The van der Waals surface area contributed by atoms with Crippen molar-refractivity contribution in [3.8, 4) is 11.5 Å². The van der Waals surface area contributed by atoms with E-state index in [1.807, 2.05) is 6.92 Å².